The van der Waals surface area contributed by atoms with Crippen LogP contribution in [0, 0.1) is 0 Å². The zero-order chi connectivity index (χ0) is 20.4. The Labute approximate surface area is 168 Å². The van der Waals surface area contributed by atoms with Gasteiger partial charge in [-0.25, -0.2) is 9.97 Å². The summed E-state index contributed by atoms with van der Waals surface area (Å²) in [4.78, 5) is 38.2. The summed E-state index contributed by atoms with van der Waals surface area (Å²) in [5.41, 5.74) is 1.61. The largest absolute Gasteiger partial charge is 0.493 e. The number of aryl methyl sites for hydroxylation is 1. The molecule has 1 fully saturated rings. The van der Waals surface area contributed by atoms with E-state index in [2.05, 4.69) is 9.97 Å². The molecule has 4 rings (SSSR count). The molecule has 1 aromatic carbocycles. The number of carbonyl (C=O) groups excluding carboxylic acids is 1. The van der Waals surface area contributed by atoms with Gasteiger partial charge in [0.1, 0.15) is 11.3 Å². The fourth-order valence-corrected chi connectivity index (χ4v) is 3.56. The molecule has 0 aliphatic carbocycles. The van der Waals surface area contributed by atoms with Gasteiger partial charge in [-0.05, 0) is 31.2 Å². The fraction of sp³-hybridized carbons (Fsp3) is 0.333. The van der Waals surface area contributed by atoms with Crippen molar-refractivity contribution in [3.05, 3.63) is 58.5 Å². The van der Waals surface area contributed by atoms with E-state index in [0.717, 1.165) is 0 Å². The second-order valence-electron chi connectivity index (χ2n) is 6.85. The molecule has 0 unspecified atom stereocenters. The van der Waals surface area contributed by atoms with Crippen molar-refractivity contribution in [2.45, 2.75) is 6.92 Å². The minimum Gasteiger partial charge on any atom is -0.493 e. The highest BCUT2D eigenvalue weighted by atomic mass is 16.5. The van der Waals surface area contributed by atoms with Crippen LogP contribution in [-0.4, -0.2) is 58.1 Å². The van der Waals surface area contributed by atoms with E-state index in [1.54, 1.807) is 30.3 Å². The molecular weight excluding hydrogens is 370 g/mol. The van der Waals surface area contributed by atoms with E-state index in [1.165, 1.54) is 4.57 Å². The molecular formula is C21H23N5O3. The number of nitrogens with zero attached hydrogens (tertiary/aromatic N) is 5. The Bertz CT molecular complexity index is 1100. The predicted molar refractivity (Wildman–Crippen MR) is 111 cm³/mol. The third-order valence-corrected chi connectivity index (χ3v) is 5.09. The van der Waals surface area contributed by atoms with E-state index < -0.39 is 0 Å². The molecule has 0 atom stereocenters. The van der Waals surface area contributed by atoms with Gasteiger partial charge in [0, 0.05) is 39.4 Å². The van der Waals surface area contributed by atoms with E-state index in [9.17, 15) is 9.59 Å². The highest BCUT2D eigenvalue weighted by molar-refractivity contribution is 5.97. The molecule has 0 saturated carbocycles. The van der Waals surface area contributed by atoms with Crippen LogP contribution in [0.5, 0.6) is 5.75 Å². The summed E-state index contributed by atoms with van der Waals surface area (Å²) < 4.78 is 7.11. The first-order valence-electron chi connectivity index (χ1n) is 9.68. The SMILES string of the molecule is CCOc1ccccc1C(=O)N1CCN(c2nc3cccnc3n(C)c2=O)CC1. The topological polar surface area (TPSA) is 80.6 Å². The number of para-hydroxylation sites is 1. The number of benzene rings is 1. The highest BCUT2D eigenvalue weighted by Gasteiger charge is 2.26. The highest BCUT2D eigenvalue weighted by Crippen LogP contribution is 2.21. The Morgan fingerprint density at radius 3 is 2.62 bits per heavy atom. The number of amides is 1. The summed E-state index contributed by atoms with van der Waals surface area (Å²) in [6.45, 7) is 4.49. The smallest absolute Gasteiger partial charge is 0.294 e. The molecule has 8 nitrogen and oxygen atoms in total. The van der Waals surface area contributed by atoms with Gasteiger partial charge in [-0.15, -0.1) is 0 Å². The van der Waals surface area contributed by atoms with Gasteiger partial charge in [-0.2, -0.15) is 0 Å². The van der Waals surface area contributed by atoms with Crippen LogP contribution in [0.15, 0.2) is 47.4 Å². The third-order valence-electron chi connectivity index (χ3n) is 5.09. The Morgan fingerprint density at radius 1 is 1.10 bits per heavy atom. The van der Waals surface area contributed by atoms with E-state index in [0.29, 0.717) is 61.1 Å². The van der Waals surface area contributed by atoms with Gasteiger partial charge in [-0.1, -0.05) is 12.1 Å². The molecule has 150 valence electrons. The van der Waals surface area contributed by atoms with Crippen molar-refractivity contribution < 1.29 is 9.53 Å². The number of hydrogen-bond acceptors (Lipinski definition) is 6. The maximum absolute atomic E-state index is 13.0. The van der Waals surface area contributed by atoms with Crippen molar-refractivity contribution >= 4 is 22.9 Å². The molecule has 0 spiro atoms. The summed E-state index contributed by atoms with van der Waals surface area (Å²) >= 11 is 0. The van der Waals surface area contributed by atoms with E-state index >= 15 is 0 Å². The quantitative estimate of drug-likeness (QED) is 0.671. The lowest BCUT2D eigenvalue weighted by Gasteiger charge is -2.35. The average molecular weight is 393 g/mol. The molecule has 1 saturated heterocycles. The predicted octanol–water partition coefficient (Wildman–Crippen LogP) is 1.69. The molecule has 1 aliphatic heterocycles. The molecule has 0 bridgehead atoms. The number of ether oxygens (including phenoxy) is 1. The maximum Gasteiger partial charge on any atom is 0.294 e. The van der Waals surface area contributed by atoms with Gasteiger partial charge in [0.2, 0.25) is 0 Å². The van der Waals surface area contributed by atoms with Crippen LogP contribution >= 0.6 is 0 Å². The minimum atomic E-state index is -0.183. The summed E-state index contributed by atoms with van der Waals surface area (Å²) in [5, 5.41) is 0. The number of aromatic nitrogens is 3. The van der Waals surface area contributed by atoms with Crippen LogP contribution in [0.4, 0.5) is 5.82 Å². The van der Waals surface area contributed by atoms with Crippen LogP contribution in [0.1, 0.15) is 17.3 Å². The monoisotopic (exact) mass is 393 g/mol. The molecule has 0 N–H and O–H groups in total. The van der Waals surface area contributed by atoms with E-state index in [4.69, 9.17) is 4.74 Å². The Kier molecular flexibility index (Phi) is 5.16. The average Bonchev–Trinajstić information content (AvgIpc) is 2.76. The number of rotatable bonds is 4. The van der Waals surface area contributed by atoms with Gasteiger partial charge < -0.3 is 14.5 Å². The molecule has 3 aromatic rings. The molecule has 29 heavy (non-hydrogen) atoms. The van der Waals surface area contributed by atoms with Gasteiger partial charge in [0.05, 0.1) is 12.2 Å². The Morgan fingerprint density at radius 2 is 1.86 bits per heavy atom. The molecule has 3 heterocycles. The number of pyridine rings is 1. The lowest BCUT2D eigenvalue weighted by molar-refractivity contribution is 0.0742. The zero-order valence-corrected chi connectivity index (χ0v) is 16.5. The molecule has 8 heteroatoms. The lowest BCUT2D eigenvalue weighted by atomic mass is 10.1. The maximum atomic E-state index is 13.0. The number of carbonyl (C=O) groups is 1. The van der Waals surface area contributed by atoms with Crippen LogP contribution < -0.4 is 15.2 Å². The Hall–Kier alpha value is -3.42. The van der Waals surface area contributed by atoms with Crippen molar-refractivity contribution in [1.82, 2.24) is 19.4 Å². The number of hydrogen-bond donors (Lipinski definition) is 0. The van der Waals surface area contributed by atoms with Crippen LogP contribution in [0.3, 0.4) is 0 Å². The van der Waals surface area contributed by atoms with Crippen molar-refractivity contribution in [2.24, 2.45) is 7.05 Å². The second kappa shape index (κ2) is 7.90. The van der Waals surface area contributed by atoms with Crippen molar-refractivity contribution in [1.29, 1.82) is 0 Å². The van der Waals surface area contributed by atoms with Crippen molar-refractivity contribution in [2.75, 3.05) is 37.7 Å². The van der Waals surface area contributed by atoms with Crippen LogP contribution in [0.2, 0.25) is 0 Å². The number of fused-ring (bicyclic) bond motifs is 1. The van der Waals surface area contributed by atoms with Gasteiger partial charge >= 0.3 is 0 Å². The molecule has 2 aromatic heterocycles. The summed E-state index contributed by atoms with van der Waals surface area (Å²) in [6, 6.07) is 10.9. The standard InChI is InChI=1S/C21H23N5O3/c1-3-29-17-9-5-4-7-15(17)20(27)26-13-11-25(12-14-26)19-21(28)24(2)18-16(23-19)8-6-10-22-18/h4-10H,3,11-14H2,1-2H3. The lowest BCUT2D eigenvalue weighted by Crippen LogP contribution is -2.50. The van der Waals surface area contributed by atoms with E-state index in [-0.39, 0.29) is 11.5 Å². The first-order valence-corrected chi connectivity index (χ1v) is 9.68. The van der Waals surface area contributed by atoms with Crippen molar-refractivity contribution in [3.8, 4) is 5.75 Å². The Balaban J connectivity index is 1.53. The zero-order valence-electron chi connectivity index (χ0n) is 16.5. The van der Waals surface area contributed by atoms with Crippen molar-refractivity contribution in [3.63, 3.8) is 0 Å². The first-order chi connectivity index (χ1) is 14.1. The van der Waals surface area contributed by atoms with Gasteiger partial charge in [0.25, 0.3) is 11.5 Å². The third kappa shape index (κ3) is 3.53. The minimum absolute atomic E-state index is 0.0581. The normalized spacial score (nSPS) is 14.3. The number of piperazine rings is 1. The van der Waals surface area contributed by atoms with Crippen LogP contribution in [0.25, 0.3) is 11.2 Å². The second-order valence-corrected chi connectivity index (χ2v) is 6.85. The fourth-order valence-electron chi connectivity index (χ4n) is 3.56. The summed E-state index contributed by atoms with van der Waals surface area (Å²) in [7, 11) is 1.70. The summed E-state index contributed by atoms with van der Waals surface area (Å²) in [5.74, 6) is 0.937. The van der Waals surface area contributed by atoms with E-state index in [1.807, 2.05) is 36.1 Å². The summed E-state index contributed by atoms with van der Waals surface area (Å²) in [6.07, 6.45) is 1.65. The van der Waals surface area contributed by atoms with Gasteiger partial charge in [0.15, 0.2) is 11.5 Å². The molecule has 1 aliphatic rings. The van der Waals surface area contributed by atoms with Crippen LogP contribution in [-0.2, 0) is 7.05 Å². The van der Waals surface area contributed by atoms with Gasteiger partial charge in [-0.3, -0.25) is 14.2 Å². The molecule has 1 amide bonds. The first kappa shape index (κ1) is 18.9. The molecule has 0 radical (unpaired) electrons. The number of anilines is 1.